The highest BCUT2D eigenvalue weighted by Crippen LogP contribution is 2.27. The first-order chi connectivity index (χ1) is 10.8. The summed E-state index contributed by atoms with van der Waals surface area (Å²) in [6.45, 7) is 0.134. The molecule has 0 spiro atoms. The number of H-pyrrole nitrogens is 1. The molecule has 0 saturated carbocycles. The molecule has 122 valence electrons. The van der Waals surface area contributed by atoms with Crippen LogP contribution in [0.15, 0.2) is 34.9 Å². The summed E-state index contributed by atoms with van der Waals surface area (Å²) in [6, 6.07) is 7.56. The molecule has 0 radical (unpaired) electrons. The van der Waals surface area contributed by atoms with Crippen molar-refractivity contribution in [3.8, 4) is 11.3 Å². The molecule has 9 heteroatoms. The average Bonchev–Trinajstić information content (AvgIpc) is 3.04. The van der Waals surface area contributed by atoms with Crippen LogP contribution in [0.2, 0.25) is 0 Å². The maximum Gasteiger partial charge on any atom is 0.302 e. The third kappa shape index (κ3) is 3.78. The number of imidazole rings is 1. The van der Waals surface area contributed by atoms with Crippen molar-refractivity contribution in [3.05, 3.63) is 34.9 Å². The Kier molecular flexibility index (Phi) is 4.24. The standard InChI is InChI=1S/C14H13BrFN3O3S/c15-11-3-1-10(2-4-11)12-6-17-14(18-12)19-7-9(5-13(19)20)8-23(16,21)22/h1-4,6,9H,5,7-8H2,(H,17,18). The molecule has 1 aromatic carbocycles. The Hall–Kier alpha value is -1.74. The minimum atomic E-state index is -4.59. The van der Waals surface area contributed by atoms with Gasteiger partial charge in [-0.1, -0.05) is 28.1 Å². The maximum absolute atomic E-state index is 12.8. The predicted molar refractivity (Wildman–Crippen MR) is 87.1 cm³/mol. The molecule has 1 aliphatic heterocycles. The van der Waals surface area contributed by atoms with Gasteiger partial charge in [-0.15, -0.1) is 3.89 Å². The van der Waals surface area contributed by atoms with E-state index in [9.17, 15) is 17.1 Å². The van der Waals surface area contributed by atoms with Gasteiger partial charge in [-0.05, 0) is 17.7 Å². The number of carbonyl (C=O) groups is 1. The van der Waals surface area contributed by atoms with Crippen LogP contribution >= 0.6 is 15.9 Å². The second-order valence-corrected chi connectivity index (χ2v) is 7.73. The summed E-state index contributed by atoms with van der Waals surface area (Å²) < 4.78 is 35.2. The second-order valence-electron chi connectivity index (χ2n) is 5.41. The number of aromatic amines is 1. The number of carbonyl (C=O) groups excluding carboxylic acids is 1. The number of hydrogen-bond acceptors (Lipinski definition) is 4. The summed E-state index contributed by atoms with van der Waals surface area (Å²) in [5, 5.41) is 0. The molecule has 1 saturated heterocycles. The van der Waals surface area contributed by atoms with Gasteiger partial charge in [0.2, 0.25) is 11.9 Å². The van der Waals surface area contributed by atoms with Crippen molar-refractivity contribution < 1.29 is 17.1 Å². The number of benzene rings is 1. The van der Waals surface area contributed by atoms with Crippen molar-refractivity contribution in [2.24, 2.45) is 5.92 Å². The van der Waals surface area contributed by atoms with Crippen molar-refractivity contribution in [1.82, 2.24) is 9.97 Å². The van der Waals surface area contributed by atoms with Gasteiger partial charge >= 0.3 is 10.2 Å². The van der Waals surface area contributed by atoms with E-state index in [0.29, 0.717) is 5.95 Å². The zero-order valence-corrected chi connectivity index (χ0v) is 14.3. The first kappa shape index (κ1) is 16.1. The lowest BCUT2D eigenvalue weighted by Crippen LogP contribution is -2.26. The molecule has 6 nitrogen and oxygen atoms in total. The minimum absolute atomic E-state index is 0.00251. The van der Waals surface area contributed by atoms with E-state index in [4.69, 9.17) is 0 Å². The SMILES string of the molecule is O=C1CC(CS(=O)(=O)F)CN1c1ncc(-c2ccc(Br)cc2)[nH]1. The average molecular weight is 402 g/mol. The lowest BCUT2D eigenvalue weighted by molar-refractivity contribution is -0.117. The van der Waals surface area contributed by atoms with E-state index in [1.165, 1.54) is 4.90 Å². The van der Waals surface area contributed by atoms with E-state index in [-0.39, 0.29) is 18.9 Å². The van der Waals surface area contributed by atoms with Crippen molar-refractivity contribution in [2.45, 2.75) is 6.42 Å². The molecule has 1 atom stereocenters. The quantitative estimate of drug-likeness (QED) is 0.797. The number of rotatable bonds is 4. The van der Waals surface area contributed by atoms with Gasteiger partial charge in [0.25, 0.3) is 0 Å². The fraction of sp³-hybridized carbons (Fsp3) is 0.286. The predicted octanol–water partition coefficient (Wildman–Crippen LogP) is 2.49. The van der Waals surface area contributed by atoms with Crippen LogP contribution in [0.3, 0.4) is 0 Å². The van der Waals surface area contributed by atoms with Crippen LogP contribution in [0, 0.1) is 5.92 Å². The lowest BCUT2D eigenvalue weighted by Gasteiger charge is -2.12. The van der Waals surface area contributed by atoms with Crippen LogP contribution < -0.4 is 4.90 Å². The van der Waals surface area contributed by atoms with Crippen LogP contribution in [0.4, 0.5) is 9.83 Å². The lowest BCUT2D eigenvalue weighted by atomic mass is 10.1. The van der Waals surface area contributed by atoms with Crippen LogP contribution in [-0.4, -0.2) is 36.6 Å². The highest BCUT2D eigenvalue weighted by molar-refractivity contribution is 9.10. The summed E-state index contributed by atoms with van der Waals surface area (Å²) in [4.78, 5) is 20.6. The van der Waals surface area contributed by atoms with E-state index in [0.717, 1.165) is 15.7 Å². The number of aromatic nitrogens is 2. The van der Waals surface area contributed by atoms with Gasteiger partial charge in [0, 0.05) is 23.4 Å². The van der Waals surface area contributed by atoms with Crippen LogP contribution in [0.25, 0.3) is 11.3 Å². The molecule has 3 rings (SSSR count). The third-order valence-corrected chi connectivity index (χ3v) is 5.01. The topological polar surface area (TPSA) is 83.1 Å². The van der Waals surface area contributed by atoms with Gasteiger partial charge in [-0.25, -0.2) is 4.98 Å². The zero-order valence-electron chi connectivity index (χ0n) is 11.9. The second kappa shape index (κ2) is 6.04. The van der Waals surface area contributed by atoms with Crippen molar-refractivity contribution in [3.63, 3.8) is 0 Å². The first-order valence-corrected chi connectivity index (χ1v) is 9.20. The molecule has 1 aromatic heterocycles. The van der Waals surface area contributed by atoms with Gasteiger partial charge in [0.15, 0.2) is 0 Å². The molecule has 1 amide bonds. The van der Waals surface area contributed by atoms with Gasteiger partial charge in [0.1, 0.15) is 0 Å². The molecule has 23 heavy (non-hydrogen) atoms. The highest BCUT2D eigenvalue weighted by atomic mass is 79.9. The molecule has 0 aliphatic carbocycles. The summed E-state index contributed by atoms with van der Waals surface area (Å²) in [5.41, 5.74) is 1.64. The Balaban J connectivity index is 1.78. The highest BCUT2D eigenvalue weighted by Gasteiger charge is 2.34. The molecular formula is C14H13BrFN3O3S. The molecule has 0 bridgehead atoms. The Morgan fingerprint density at radius 2 is 2.04 bits per heavy atom. The number of hydrogen-bond donors (Lipinski definition) is 1. The minimum Gasteiger partial charge on any atom is -0.324 e. The zero-order chi connectivity index (χ0) is 16.6. The summed E-state index contributed by atoms with van der Waals surface area (Å²) >= 11 is 3.36. The largest absolute Gasteiger partial charge is 0.324 e. The van der Waals surface area contributed by atoms with E-state index in [1.807, 2.05) is 24.3 Å². The normalized spacial score (nSPS) is 18.6. The van der Waals surface area contributed by atoms with E-state index < -0.39 is 21.9 Å². The molecular weight excluding hydrogens is 389 g/mol. The van der Waals surface area contributed by atoms with Crippen LogP contribution in [0.1, 0.15) is 6.42 Å². The first-order valence-electron chi connectivity index (χ1n) is 6.85. The number of anilines is 1. The van der Waals surface area contributed by atoms with Gasteiger partial charge in [-0.2, -0.15) is 8.42 Å². The van der Waals surface area contributed by atoms with Crippen LogP contribution in [0.5, 0.6) is 0 Å². The maximum atomic E-state index is 12.8. The Bertz CT molecular complexity index is 835. The summed E-state index contributed by atoms with van der Waals surface area (Å²) in [7, 11) is -4.59. The Labute approximate surface area is 141 Å². The third-order valence-electron chi connectivity index (χ3n) is 3.61. The molecule has 1 fully saturated rings. The van der Waals surface area contributed by atoms with Gasteiger partial charge in [0.05, 0.1) is 17.6 Å². The van der Waals surface area contributed by atoms with Crippen LogP contribution in [-0.2, 0) is 15.0 Å². The fourth-order valence-electron chi connectivity index (χ4n) is 2.60. The smallest absolute Gasteiger partial charge is 0.302 e. The Morgan fingerprint density at radius 3 is 2.70 bits per heavy atom. The van der Waals surface area contributed by atoms with Gasteiger partial charge in [-0.3, -0.25) is 9.69 Å². The fourth-order valence-corrected chi connectivity index (χ4v) is 3.65. The van der Waals surface area contributed by atoms with E-state index >= 15 is 0 Å². The van der Waals surface area contributed by atoms with Crippen molar-refractivity contribution >= 4 is 38.0 Å². The number of nitrogens with one attached hydrogen (secondary N) is 1. The number of amides is 1. The van der Waals surface area contributed by atoms with E-state index in [1.54, 1.807) is 6.20 Å². The van der Waals surface area contributed by atoms with Gasteiger partial charge < -0.3 is 4.98 Å². The Morgan fingerprint density at radius 1 is 1.35 bits per heavy atom. The molecule has 1 aliphatic rings. The van der Waals surface area contributed by atoms with Crippen molar-refractivity contribution in [2.75, 3.05) is 17.2 Å². The monoisotopic (exact) mass is 401 g/mol. The van der Waals surface area contributed by atoms with Crippen molar-refractivity contribution in [1.29, 1.82) is 0 Å². The number of nitrogens with zero attached hydrogens (tertiary/aromatic N) is 2. The van der Waals surface area contributed by atoms with E-state index in [2.05, 4.69) is 25.9 Å². The molecule has 1 N–H and O–H groups in total. The number of halogens is 2. The molecule has 2 heterocycles. The summed E-state index contributed by atoms with van der Waals surface area (Å²) in [6.07, 6.45) is 1.60. The summed E-state index contributed by atoms with van der Waals surface area (Å²) in [5.74, 6) is -1.13. The molecule has 1 unspecified atom stereocenters. The molecule has 2 aromatic rings.